The minimum absolute atomic E-state index is 0.0481. The van der Waals surface area contributed by atoms with Gasteiger partial charge in [-0.05, 0) is 66.6 Å². The Hall–Kier alpha value is -3.65. The number of benzene rings is 3. The van der Waals surface area contributed by atoms with Crippen molar-refractivity contribution in [3.05, 3.63) is 95.9 Å². The van der Waals surface area contributed by atoms with Crippen molar-refractivity contribution in [2.24, 2.45) is 0 Å². The minimum atomic E-state index is -3.84. The van der Waals surface area contributed by atoms with E-state index in [1.807, 2.05) is 30.5 Å². The second-order valence-electron chi connectivity index (χ2n) is 7.00. The van der Waals surface area contributed by atoms with Crippen LogP contribution in [0.2, 0.25) is 0 Å². The van der Waals surface area contributed by atoms with E-state index >= 15 is 0 Å². The summed E-state index contributed by atoms with van der Waals surface area (Å²) in [6.45, 7) is 0.472. The molecule has 0 saturated carbocycles. The second kappa shape index (κ2) is 8.61. The van der Waals surface area contributed by atoms with Crippen LogP contribution in [0.1, 0.15) is 15.9 Å². The second-order valence-corrected chi connectivity index (χ2v) is 8.68. The van der Waals surface area contributed by atoms with E-state index < -0.39 is 15.8 Å². The molecule has 0 atom stereocenters. The van der Waals surface area contributed by atoms with Crippen LogP contribution < -0.4 is 10.0 Å². The number of H-pyrrole nitrogens is 1. The summed E-state index contributed by atoms with van der Waals surface area (Å²) in [6, 6.07) is 18.6. The highest BCUT2D eigenvalue weighted by atomic mass is 32.2. The summed E-state index contributed by atoms with van der Waals surface area (Å²) in [5.74, 6) is -0.758. The molecule has 0 spiro atoms. The number of carbonyl (C=O) groups is 1. The minimum Gasteiger partial charge on any atom is -0.361 e. The molecule has 0 radical (unpaired) electrons. The lowest BCUT2D eigenvalue weighted by atomic mass is 10.1. The Bertz CT molecular complexity index is 1310. The number of aromatic amines is 1. The van der Waals surface area contributed by atoms with Crippen molar-refractivity contribution in [1.29, 1.82) is 0 Å². The Labute approximate surface area is 179 Å². The molecule has 0 saturated heterocycles. The Morgan fingerprint density at radius 2 is 1.65 bits per heavy atom. The fraction of sp³-hybridized carbons (Fsp3) is 0.0870. The lowest BCUT2D eigenvalue weighted by Crippen LogP contribution is -2.25. The first-order valence-electron chi connectivity index (χ1n) is 9.64. The standard InChI is InChI=1S/C23H20FN3O3S/c24-18-7-11-20(12-8-18)31(29,30)27-19-9-5-16(6-10-19)23(28)25-14-13-17-15-26-22-4-2-1-3-21(17)22/h1-12,15,26-27H,13-14H2,(H,25,28). The zero-order chi connectivity index (χ0) is 21.8. The lowest BCUT2D eigenvalue weighted by molar-refractivity contribution is 0.0954. The summed E-state index contributed by atoms with van der Waals surface area (Å²) in [5.41, 5.74) is 2.91. The van der Waals surface area contributed by atoms with Crippen LogP contribution in [0.5, 0.6) is 0 Å². The predicted molar refractivity (Wildman–Crippen MR) is 118 cm³/mol. The maximum absolute atomic E-state index is 13.0. The third-order valence-electron chi connectivity index (χ3n) is 4.88. The highest BCUT2D eigenvalue weighted by Crippen LogP contribution is 2.19. The van der Waals surface area contributed by atoms with Crippen LogP contribution in [-0.2, 0) is 16.4 Å². The maximum Gasteiger partial charge on any atom is 0.261 e. The van der Waals surface area contributed by atoms with Gasteiger partial charge in [-0.2, -0.15) is 0 Å². The lowest BCUT2D eigenvalue weighted by Gasteiger charge is -2.09. The van der Waals surface area contributed by atoms with Gasteiger partial charge in [0.05, 0.1) is 4.90 Å². The monoisotopic (exact) mass is 437 g/mol. The fourth-order valence-corrected chi connectivity index (χ4v) is 4.33. The predicted octanol–water partition coefficient (Wildman–Crippen LogP) is 4.08. The third-order valence-corrected chi connectivity index (χ3v) is 6.28. The number of hydrogen-bond acceptors (Lipinski definition) is 3. The molecular formula is C23H20FN3O3S. The number of sulfonamides is 1. The number of fused-ring (bicyclic) bond motifs is 1. The summed E-state index contributed by atoms with van der Waals surface area (Å²) in [4.78, 5) is 15.6. The molecule has 31 heavy (non-hydrogen) atoms. The van der Waals surface area contributed by atoms with E-state index in [2.05, 4.69) is 15.0 Å². The molecule has 4 aromatic rings. The van der Waals surface area contributed by atoms with Crippen molar-refractivity contribution in [2.75, 3.05) is 11.3 Å². The summed E-state index contributed by atoms with van der Waals surface area (Å²) >= 11 is 0. The Balaban J connectivity index is 1.35. The normalized spacial score (nSPS) is 11.4. The number of amides is 1. The van der Waals surface area contributed by atoms with Crippen LogP contribution >= 0.6 is 0 Å². The van der Waals surface area contributed by atoms with E-state index in [1.165, 1.54) is 24.3 Å². The van der Waals surface area contributed by atoms with E-state index in [0.29, 0.717) is 24.2 Å². The van der Waals surface area contributed by atoms with Gasteiger partial charge < -0.3 is 10.3 Å². The topological polar surface area (TPSA) is 91.1 Å². The molecular weight excluding hydrogens is 417 g/mol. The van der Waals surface area contributed by atoms with E-state index in [4.69, 9.17) is 0 Å². The van der Waals surface area contributed by atoms with Gasteiger partial charge in [-0.1, -0.05) is 18.2 Å². The molecule has 1 heterocycles. The summed E-state index contributed by atoms with van der Waals surface area (Å²) in [7, 11) is -3.84. The molecule has 3 aromatic carbocycles. The third kappa shape index (κ3) is 4.75. The van der Waals surface area contributed by atoms with Gasteiger partial charge in [0.1, 0.15) is 5.82 Å². The SMILES string of the molecule is O=C(NCCc1c[nH]c2ccccc12)c1ccc(NS(=O)(=O)c2ccc(F)cc2)cc1. The van der Waals surface area contributed by atoms with E-state index in [-0.39, 0.29) is 10.8 Å². The van der Waals surface area contributed by atoms with Gasteiger partial charge in [-0.3, -0.25) is 9.52 Å². The first-order valence-corrected chi connectivity index (χ1v) is 11.1. The van der Waals surface area contributed by atoms with Crippen molar-refractivity contribution in [3.8, 4) is 0 Å². The number of carbonyl (C=O) groups excluding carboxylic acids is 1. The highest BCUT2D eigenvalue weighted by Gasteiger charge is 2.14. The van der Waals surface area contributed by atoms with E-state index in [0.717, 1.165) is 28.6 Å². The molecule has 0 fully saturated rings. The molecule has 1 amide bonds. The Kier molecular flexibility index (Phi) is 5.73. The molecule has 6 nitrogen and oxygen atoms in total. The van der Waals surface area contributed by atoms with Crippen LogP contribution in [0.15, 0.2) is 83.9 Å². The molecule has 0 aliphatic carbocycles. The number of aromatic nitrogens is 1. The highest BCUT2D eigenvalue weighted by molar-refractivity contribution is 7.92. The van der Waals surface area contributed by atoms with Crippen LogP contribution in [0, 0.1) is 5.82 Å². The number of para-hydroxylation sites is 1. The maximum atomic E-state index is 13.0. The van der Waals surface area contributed by atoms with E-state index in [1.54, 1.807) is 12.1 Å². The molecule has 0 aliphatic heterocycles. The average molecular weight is 437 g/mol. The number of halogens is 1. The Morgan fingerprint density at radius 1 is 0.935 bits per heavy atom. The zero-order valence-electron chi connectivity index (χ0n) is 16.4. The van der Waals surface area contributed by atoms with Crippen LogP contribution in [0.3, 0.4) is 0 Å². The van der Waals surface area contributed by atoms with Gasteiger partial charge in [0.15, 0.2) is 0 Å². The summed E-state index contributed by atoms with van der Waals surface area (Å²) in [6.07, 6.45) is 2.63. The number of nitrogens with one attached hydrogen (secondary N) is 3. The van der Waals surface area contributed by atoms with Crippen molar-refractivity contribution in [2.45, 2.75) is 11.3 Å². The van der Waals surface area contributed by atoms with Crippen LogP contribution in [-0.4, -0.2) is 25.9 Å². The van der Waals surface area contributed by atoms with Crippen molar-refractivity contribution < 1.29 is 17.6 Å². The summed E-state index contributed by atoms with van der Waals surface area (Å²) in [5, 5.41) is 4.01. The molecule has 0 unspecified atom stereocenters. The van der Waals surface area contributed by atoms with Gasteiger partial charge in [0.2, 0.25) is 0 Å². The fourth-order valence-electron chi connectivity index (χ4n) is 3.27. The van der Waals surface area contributed by atoms with Gasteiger partial charge in [-0.25, -0.2) is 12.8 Å². The van der Waals surface area contributed by atoms with Gasteiger partial charge in [-0.15, -0.1) is 0 Å². The molecule has 0 bridgehead atoms. The van der Waals surface area contributed by atoms with Crippen molar-refractivity contribution in [1.82, 2.24) is 10.3 Å². The molecule has 0 aliphatic rings. The van der Waals surface area contributed by atoms with Gasteiger partial charge in [0, 0.05) is 34.9 Å². The number of anilines is 1. The molecule has 3 N–H and O–H groups in total. The van der Waals surface area contributed by atoms with Crippen molar-refractivity contribution in [3.63, 3.8) is 0 Å². The molecule has 4 rings (SSSR count). The summed E-state index contributed by atoms with van der Waals surface area (Å²) < 4.78 is 40.1. The van der Waals surface area contributed by atoms with E-state index in [9.17, 15) is 17.6 Å². The molecule has 158 valence electrons. The van der Waals surface area contributed by atoms with Gasteiger partial charge in [0.25, 0.3) is 15.9 Å². The van der Waals surface area contributed by atoms with Crippen LogP contribution in [0.4, 0.5) is 10.1 Å². The number of rotatable bonds is 7. The molecule has 1 aromatic heterocycles. The smallest absolute Gasteiger partial charge is 0.261 e. The van der Waals surface area contributed by atoms with Crippen molar-refractivity contribution >= 4 is 32.5 Å². The quantitative estimate of drug-likeness (QED) is 0.407. The van der Waals surface area contributed by atoms with Crippen LogP contribution in [0.25, 0.3) is 10.9 Å². The molecule has 8 heteroatoms. The average Bonchev–Trinajstić information content (AvgIpc) is 3.17. The van der Waals surface area contributed by atoms with Gasteiger partial charge >= 0.3 is 0 Å². The largest absolute Gasteiger partial charge is 0.361 e. The number of hydrogen-bond donors (Lipinski definition) is 3. The first kappa shape index (κ1) is 20.6. The Morgan fingerprint density at radius 3 is 2.39 bits per heavy atom. The zero-order valence-corrected chi connectivity index (χ0v) is 17.2. The first-order chi connectivity index (χ1) is 14.9.